The molecule has 2 aliphatic heterocycles. The summed E-state index contributed by atoms with van der Waals surface area (Å²) in [5.41, 5.74) is 3.89. The Hall–Kier alpha value is -1.67. The number of rotatable bonds is 4. The molecule has 2 heterocycles. The summed E-state index contributed by atoms with van der Waals surface area (Å²) in [5, 5.41) is 3.47. The number of hydrogen-bond donors (Lipinski definition) is 1. The van der Waals surface area contributed by atoms with Gasteiger partial charge in [-0.2, -0.15) is 4.31 Å². The van der Waals surface area contributed by atoms with Crippen LogP contribution >= 0.6 is 12.4 Å². The zero-order chi connectivity index (χ0) is 18.9. The number of fused-ring (bicyclic) bond motifs is 1. The lowest BCUT2D eigenvalue weighted by Gasteiger charge is -2.22. The second-order valence-corrected chi connectivity index (χ2v) is 9.05. The third-order valence-corrected chi connectivity index (χ3v) is 7.24. The van der Waals surface area contributed by atoms with Gasteiger partial charge >= 0.3 is 0 Å². The molecule has 0 aliphatic carbocycles. The van der Waals surface area contributed by atoms with Gasteiger partial charge in [0.2, 0.25) is 10.0 Å². The van der Waals surface area contributed by atoms with Crippen molar-refractivity contribution in [2.75, 3.05) is 38.0 Å². The molecule has 5 nitrogen and oxygen atoms in total. The van der Waals surface area contributed by atoms with Crippen molar-refractivity contribution < 1.29 is 12.8 Å². The SMILES string of the molecule is Cl.O=S(=O)(c1ccc(F)cc1)N1CCCN(Cc2cccc3c2NCC3)CC1. The number of para-hydroxylation sites is 1. The Balaban J connectivity index is 0.00000225. The molecule has 1 fully saturated rings. The first kappa shape index (κ1) is 21.0. The molecular weight excluding hydrogens is 401 g/mol. The molecule has 2 aliphatic rings. The quantitative estimate of drug-likeness (QED) is 0.817. The van der Waals surface area contributed by atoms with Crippen LogP contribution in [-0.2, 0) is 23.0 Å². The topological polar surface area (TPSA) is 52.7 Å². The van der Waals surface area contributed by atoms with E-state index in [4.69, 9.17) is 0 Å². The van der Waals surface area contributed by atoms with Gasteiger partial charge in [-0.1, -0.05) is 18.2 Å². The Morgan fingerprint density at radius 1 is 1.00 bits per heavy atom. The average Bonchev–Trinajstić information content (AvgIpc) is 3.02. The molecule has 28 heavy (non-hydrogen) atoms. The van der Waals surface area contributed by atoms with E-state index < -0.39 is 15.8 Å². The Morgan fingerprint density at radius 3 is 2.57 bits per heavy atom. The van der Waals surface area contributed by atoms with E-state index in [1.807, 2.05) is 0 Å². The number of hydrogen-bond acceptors (Lipinski definition) is 4. The lowest BCUT2D eigenvalue weighted by atomic mass is 10.1. The van der Waals surface area contributed by atoms with Crippen molar-refractivity contribution in [3.63, 3.8) is 0 Å². The summed E-state index contributed by atoms with van der Waals surface area (Å²) in [4.78, 5) is 2.47. The fraction of sp³-hybridized carbons (Fsp3) is 0.400. The first-order chi connectivity index (χ1) is 13.0. The van der Waals surface area contributed by atoms with Gasteiger partial charge in [0.1, 0.15) is 5.82 Å². The van der Waals surface area contributed by atoms with Crippen molar-refractivity contribution >= 4 is 28.1 Å². The van der Waals surface area contributed by atoms with Crippen LogP contribution in [0.3, 0.4) is 0 Å². The molecule has 0 radical (unpaired) electrons. The predicted molar refractivity (Wildman–Crippen MR) is 111 cm³/mol. The van der Waals surface area contributed by atoms with E-state index in [2.05, 4.69) is 28.4 Å². The lowest BCUT2D eigenvalue weighted by Crippen LogP contribution is -2.35. The molecule has 8 heteroatoms. The van der Waals surface area contributed by atoms with Gasteiger partial charge in [-0.3, -0.25) is 4.90 Å². The van der Waals surface area contributed by atoms with Crippen molar-refractivity contribution in [3.8, 4) is 0 Å². The Kier molecular flexibility index (Phi) is 6.60. The van der Waals surface area contributed by atoms with Crippen LogP contribution in [0.4, 0.5) is 10.1 Å². The molecule has 0 unspecified atom stereocenters. The minimum Gasteiger partial charge on any atom is -0.384 e. The summed E-state index contributed by atoms with van der Waals surface area (Å²) in [7, 11) is -3.58. The van der Waals surface area contributed by atoms with Crippen molar-refractivity contribution in [1.82, 2.24) is 9.21 Å². The smallest absolute Gasteiger partial charge is 0.243 e. The molecule has 0 atom stereocenters. The summed E-state index contributed by atoms with van der Waals surface area (Å²) in [6, 6.07) is 11.5. The van der Waals surface area contributed by atoms with E-state index in [1.165, 1.54) is 45.4 Å². The Labute approximate surface area is 172 Å². The number of nitrogens with one attached hydrogen (secondary N) is 1. The summed E-state index contributed by atoms with van der Waals surface area (Å²) in [5.74, 6) is -0.431. The third kappa shape index (κ3) is 4.33. The zero-order valence-corrected chi connectivity index (χ0v) is 17.2. The van der Waals surface area contributed by atoms with Gasteiger partial charge in [0, 0.05) is 38.4 Å². The highest BCUT2D eigenvalue weighted by molar-refractivity contribution is 7.89. The molecule has 4 rings (SSSR count). The highest BCUT2D eigenvalue weighted by Crippen LogP contribution is 2.28. The average molecular weight is 426 g/mol. The maximum Gasteiger partial charge on any atom is 0.243 e. The number of sulfonamides is 1. The van der Waals surface area contributed by atoms with E-state index in [0.717, 1.165) is 32.5 Å². The fourth-order valence-corrected chi connectivity index (χ4v) is 5.35. The van der Waals surface area contributed by atoms with Crippen molar-refractivity contribution in [3.05, 3.63) is 59.4 Å². The first-order valence-electron chi connectivity index (χ1n) is 9.37. The van der Waals surface area contributed by atoms with Gasteiger partial charge < -0.3 is 5.32 Å². The summed E-state index contributed by atoms with van der Waals surface area (Å²) < 4.78 is 40.3. The number of nitrogens with zero attached hydrogens (tertiary/aromatic N) is 2. The summed E-state index contributed by atoms with van der Waals surface area (Å²) in [6.07, 6.45) is 1.84. The number of halogens is 2. The molecule has 0 spiro atoms. The molecule has 0 amide bonds. The van der Waals surface area contributed by atoms with E-state index >= 15 is 0 Å². The van der Waals surface area contributed by atoms with Gasteiger partial charge in [0.05, 0.1) is 4.90 Å². The zero-order valence-electron chi connectivity index (χ0n) is 15.6. The van der Waals surface area contributed by atoms with E-state index in [9.17, 15) is 12.8 Å². The van der Waals surface area contributed by atoms with Crippen LogP contribution in [0.5, 0.6) is 0 Å². The minimum atomic E-state index is -3.58. The van der Waals surface area contributed by atoms with Crippen LogP contribution in [-0.4, -0.2) is 50.3 Å². The molecule has 2 aromatic carbocycles. The summed E-state index contributed by atoms with van der Waals surface area (Å²) >= 11 is 0. The van der Waals surface area contributed by atoms with E-state index in [1.54, 1.807) is 0 Å². The monoisotopic (exact) mass is 425 g/mol. The lowest BCUT2D eigenvalue weighted by molar-refractivity contribution is 0.279. The highest BCUT2D eigenvalue weighted by Gasteiger charge is 2.27. The standard InChI is InChI=1S/C20H24FN3O2S.ClH/c21-18-5-7-19(8-6-18)27(25,26)24-12-2-11-23(13-14-24)15-17-4-1-3-16-9-10-22-20(16)17;/h1,3-8,22H,2,9-15H2;1H. The maximum atomic E-state index is 13.1. The largest absolute Gasteiger partial charge is 0.384 e. The van der Waals surface area contributed by atoms with Crippen LogP contribution in [0.15, 0.2) is 47.4 Å². The Bertz CT molecular complexity index is 922. The second kappa shape index (κ2) is 8.78. The van der Waals surface area contributed by atoms with Crippen molar-refractivity contribution in [1.29, 1.82) is 0 Å². The maximum absolute atomic E-state index is 13.1. The van der Waals surface area contributed by atoms with Gasteiger partial charge in [0.15, 0.2) is 0 Å². The van der Waals surface area contributed by atoms with Crippen LogP contribution in [0.2, 0.25) is 0 Å². The molecule has 0 saturated carbocycles. The second-order valence-electron chi connectivity index (χ2n) is 7.12. The van der Waals surface area contributed by atoms with Gasteiger partial charge in [-0.25, -0.2) is 12.8 Å². The molecule has 1 N–H and O–H groups in total. The normalized spacial score (nSPS) is 18.0. The molecule has 1 saturated heterocycles. The first-order valence-corrected chi connectivity index (χ1v) is 10.8. The molecule has 2 aromatic rings. The van der Waals surface area contributed by atoms with Gasteiger partial charge in [-0.05, 0) is 54.8 Å². The number of benzene rings is 2. The molecule has 0 bridgehead atoms. The van der Waals surface area contributed by atoms with E-state index in [0.29, 0.717) is 19.6 Å². The third-order valence-electron chi connectivity index (χ3n) is 5.33. The Morgan fingerprint density at radius 2 is 1.79 bits per heavy atom. The summed E-state index contributed by atoms with van der Waals surface area (Å²) in [6.45, 7) is 4.28. The van der Waals surface area contributed by atoms with Crippen LogP contribution in [0, 0.1) is 5.82 Å². The van der Waals surface area contributed by atoms with Crippen molar-refractivity contribution in [2.45, 2.75) is 24.3 Å². The minimum absolute atomic E-state index is 0. The van der Waals surface area contributed by atoms with Crippen LogP contribution < -0.4 is 5.32 Å². The van der Waals surface area contributed by atoms with Gasteiger partial charge in [0.25, 0.3) is 0 Å². The van der Waals surface area contributed by atoms with E-state index in [-0.39, 0.29) is 17.3 Å². The molecular formula is C20H25ClFN3O2S. The van der Waals surface area contributed by atoms with Crippen LogP contribution in [0.25, 0.3) is 0 Å². The predicted octanol–water partition coefficient (Wildman–Crippen LogP) is 3.11. The van der Waals surface area contributed by atoms with Crippen LogP contribution in [0.1, 0.15) is 17.5 Å². The fourth-order valence-electron chi connectivity index (χ4n) is 3.88. The molecule has 152 valence electrons. The van der Waals surface area contributed by atoms with Crippen molar-refractivity contribution in [2.24, 2.45) is 0 Å². The highest BCUT2D eigenvalue weighted by atomic mass is 35.5. The number of anilines is 1. The molecule has 0 aromatic heterocycles. The van der Waals surface area contributed by atoms with Gasteiger partial charge in [-0.15, -0.1) is 12.4 Å².